The molecule has 1 amide bonds. The maximum absolute atomic E-state index is 12.6. The quantitative estimate of drug-likeness (QED) is 0.769. The van der Waals surface area contributed by atoms with Crippen LogP contribution in [0.1, 0.15) is 36.2 Å². The van der Waals surface area contributed by atoms with E-state index in [-0.39, 0.29) is 35.8 Å². The number of aromatic nitrogens is 1. The molecule has 1 fully saturated rings. The van der Waals surface area contributed by atoms with Crippen LogP contribution in [0, 0.1) is 5.92 Å². The number of carbonyl (C=O) groups is 1. The third-order valence-corrected chi connectivity index (χ3v) is 5.90. The van der Waals surface area contributed by atoms with Crippen LogP contribution in [0.2, 0.25) is 0 Å². The van der Waals surface area contributed by atoms with Crippen molar-refractivity contribution < 1.29 is 13.2 Å². The Morgan fingerprint density at radius 2 is 2.00 bits per heavy atom. The number of aryl methyl sites for hydroxylation is 1. The van der Waals surface area contributed by atoms with Crippen molar-refractivity contribution >= 4 is 28.3 Å². The van der Waals surface area contributed by atoms with Crippen LogP contribution in [0.15, 0.2) is 17.2 Å². The number of carbonyl (C=O) groups excluding carboxylic acids is 1. The average molecular weight is 379 g/mol. The van der Waals surface area contributed by atoms with Gasteiger partial charge >= 0.3 is 0 Å². The number of nitrogens with zero attached hydrogens (tertiary/aromatic N) is 2. The fourth-order valence-corrected chi connectivity index (χ4v) is 4.47. The van der Waals surface area contributed by atoms with E-state index in [9.17, 15) is 13.2 Å². The van der Waals surface area contributed by atoms with Gasteiger partial charge in [0.25, 0.3) is 5.91 Å². The van der Waals surface area contributed by atoms with E-state index in [0.29, 0.717) is 11.6 Å². The summed E-state index contributed by atoms with van der Waals surface area (Å²) in [6.45, 7) is 0.278. The molecule has 1 unspecified atom stereocenters. The van der Waals surface area contributed by atoms with Crippen molar-refractivity contribution in [3.63, 3.8) is 0 Å². The van der Waals surface area contributed by atoms with Gasteiger partial charge < -0.3 is 15.2 Å². The smallest absolute Gasteiger partial charge is 0.269 e. The maximum atomic E-state index is 12.6. The van der Waals surface area contributed by atoms with E-state index in [1.807, 2.05) is 0 Å². The molecule has 24 heavy (non-hydrogen) atoms. The largest absolute Gasteiger partial charge is 0.345 e. The van der Waals surface area contributed by atoms with Gasteiger partial charge in [0.15, 0.2) is 0 Å². The Labute approximate surface area is 150 Å². The Balaban J connectivity index is 0.00000288. The molecular formula is C15H27ClN4O3S. The van der Waals surface area contributed by atoms with Crippen molar-refractivity contribution in [3.8, 4) is 0 Å². The molecule has 0 spiro atoms. The number of amides is 1. The first-order valence-electron chi connectivity index (χ1n) is 7.86. The Bertz CT molecular complexity index is 666. The van der Waals surface area contributed by atoms with Crippen molar-refractivity contribution in [2.75, 3.05) is 20.6 Å². The highest BCUT2D eigenvalue weighted by molar-refractivity contribution is 7.89. The molecule has 1 heterocycles. The van der Waals surface area contributed by atoms with Gasteiger partial charge in [-0.3, -0.25) is 4.79 Å². The van der Waals surface area contributed by atoms with Crippen molar-refractivity contribution in [2.24, 2.45) is 18.7 Å². The molecule has 0 bridgehead atoms. The van der Waals surface area contributed by atoms with Crippen LogP contribution in [0.3, 0.4) is 0 Å². The second kappa shape index (κ2) is 8.33. The topological polar surface area (TPSA) is 97.4 Å². The van der Waals surface area contributed by atoms with Gasteiger partial charge in [0, 0.05) is 39.9 Å². The molecular weight excluding hydrogens is 352 g/mol. The van der Waals surface area contributed by atoms with E-state index in [1.54, 1.807) is 21.1 Å². The molecule has 2 rings (SSSR count). The highest BCUT2D eigenvalue weighted by atomic mass is 35.5. The van der Waals surface area contributed by atoms with Crippen LogP contribution in [-0.4, -0.2) is 50.5 Å². The summed E-state index contributed by atoms with van der Waals surface area (Å²) in [5.41, 5.74) is 6.10. The monoisotopic (exact) mass is 378 g/mol. The third-order valence-electron chi connectivity index (χ3n) is 4.44. The lowest BCUT2D eigenvalue weighted by molar-refractivity contribution is 0.0818. The minimum absolute atomic E-state index is 0. The molecule has 0 radical (unpaired) electrons. The SMILES string of the molecule is CN(C)C(=O)c1cc(S(=O)(=O)NC(CN)C2CCCC2)cn1C.Cl. The molecule has 1 aliphatic rings. The van der Waals surface area contributed by atoms with E-state index in [2.05, 4.69) is 4.72 Å². The lowest BCUT2D eigenvalue weighted by Crippen LogP contribution is -2.44. The maximum Gasteiger partial charge on any atom is 0.269 e. The second-order valence-electron chi connectivity index (χ2n) is 6.38. The zero-order chi connectivity index (χ0) is 17.2. The lowest BCUT2D eigenvalue weighted by atomic mass is 9.99. The Hall–Kier alpha value is -1.09. The number of sulfonamides is 1. The Kier molecular flexibility index (Phi) is 7.27. The molecule has 7 nitrogen and oxygen atoms in total. The van der Waals surface area contributed by atoms with Crippen LogP contribution in [0.4, 0.5) is 0 Å². The summed E-state index contributed by atoms with van der Waals surface area (Å²) in [6.07, 6.45) is 5.71. The molecule has 3 N–H and O–H groups in total. The van der Waals surface area contributed by atoms with Crippen LogP contribution < -0.4 is 10.5 Å². The molecule has 1 saturated carbocycles. The van der Waals surface area contributed by atoms with Crippen LogP contribution in [0.5, 0.6) is 0 Å². The van der Waals surface area contributed by atoms with Crippen LogP contribution in [0.25, 0.3) is 0 Å². The molecule has 138 valence electrons. The van der Waals surface area contributed by atoms with Gasteiger partial charge in [0.2, 0.25) is 10.0 Å². The number of nitrogens with one attached hydrogen (secondary N) is 1. The minimum atomic E-state index is -3.69. The fraction of sp³-hybridized carbons (Fsp3) is 0.667. The average Bonchev–Trinajstić information content (AvgIpc) is 3.13. The Morgan fingerprint density at radius 3 is 2.50 bits per heavy atom. The third kappa shape index (κ3) is 4.50. The summed E-state index contributed by atoms with van der Waals surface area (Å²) >= 11 is 0. The van der Waals surface area contributed by atoms with Gasteiger partial charge in [0.05, 0.1) is 0 Å². The zero-order valence-corrected chi connectivity index (χ0v) is 16.0. The standard InChI is InChI=1S/C15H26N4O3S.ClH/c1-18(2)15(20)14-8-12(10-19(14)3)23(21,22)17-13(9-16)11-6-4-5-7-11;/h8,10-11,13,17H,4-7,9,16H2,1-3H3;1H. The number of hydrogen-bond acceptors (Lipinski definition) is 4. The summed E-state index contributed by atoms with van der Waals surface area (Å²) in [5.74, 6) is 0.0569. The highest BCUT2D eigenvalue weighted by Gasteiger charge is 2.29. The van der Waals surface area contributed by atoms with E-state index in [0.717, 1.165) is 25.7 Å². The van der Waals surface area contributed by atoms with Gasteiger partial charge in [-0.15, -0.1) is 12.4 Å². The normalized spacial score (nSPS) is 16.7. The Morgan fingerprint density at radius 1 is 1.42 bits per heavy atom. The van der Waals surface area contributed by atoms with E-state index < -0.39 is 10.0 Å². The minimum Gasteiger partial charge on any atom is -0.345 e. The second-order valence-corrected chi connectivity index (χ2v) is 8.09. The molecule has 1 aliphatic carbocycles. The summed E-state index contributed by atoms with van der Waals surface area (Å²) < 4.78 is 29.5. The lowest BCUT2D eigenvalue weighted by Gasteiger charge is -2.22. The molecule has 1 atom stereocenters. The first kappa shape index (κ1) is 21.0. The molecule has 1 aromatic heterocycles. The van der Waals surface area contributed by atoms with Crippen molar-refractivity contribution in [1.29, 1.82) is 0 Å². The molecule has 0 saturated heterocycles. The van der Waals surface area contributed by atoms with Gasteiger partial charge in [-0.1, -0.05) is 12.8 Å². The fourth-order valence-electron chi connectivity index (χ4n) is 3.09. The van der Waals surface area contributed by atoms with Gasteiger partial charge in [0.1, 0.15) is 10.6 Å². The molecule has 0 aromatic carbocycles. The van der Waals surface area contributed by atoms with E-state index in [4.69, 9.17) is 5.73 Å². The first-order valence-corrected chi connectivity index (χ1v) is 9.35. The number of halogens is 1. The number of rotatable bonds is 6. The molecule has 1 aromatic rings. The number of hydrogen-bond donors (Lipinski definition) is 2. The van der Waals surface area contributed by atoms with E-state index >= 15 is 0 Å². The first-order chi connectivity index (χ1) is 10.8. The van der Waals surface area contributed by atoms with Crippen molar-refractivity contribution in [3.05, 3.63) is 18.0 Å². The summed E-state index contributed by atoms with van der Waals surface area (Å²) in [4.78, 5) is 13.6. The predicted molar refractivity (Wildman–Crippen MR) is 95.8 cm³/mol. The predicted octanol–water partition coefficient (Wildman–Crippen LogP) is 0.944. The van der Waals surface area contributed by atoms with Crippen molar-refractivity contribution in [1.82, 2.24) is 14.2 Å². The van der Waals surface area contributed by atoms with Gasteiger partial charge in [-0.25, -0.2) is 13.1 Å². The number of nitrogens with two attached hydrogens (primary N) is 1. The summed E-state index contributed by atoms with van der Waals surface area (Å²) in [6, 6.07) is 1.16. The van der Waals surface area contributed by atoms with E-state index in [1.165, 1.54) is 21.7 Å². The molecule has 0 aliphatic heterocycles. The van der Waals surface area contributed by atoms with Crippen LogP contribution in [-0.2, 0) is 17.1 Å². The zero-order valence-electron chi connectivity index (χ0n) is 14.4. The van der Waals surface area contributed by atoms with Crippen LogP contribution >= 0.6 is 12.4 Å². The molecule has 9 heteroatoms. The highest BCUT2D eigenvalue weighted by Crippen LogP contribution is 2.28. The summed E-state index contributed by atoms with van der Waals surface area (Å²) in [5, 5.41) is 0. The van der Waals surface area contributed by atoms with Gasteiger partial charge in [-0.05, 0) is 24.8 Å². The van der Waals surface area contributed by atoms with Gasteiger partial charge in [-0.2, -0.15) is 0 Å². The summed E-state index contributed by atoms with van der Waals surface area (Å²) in [7, 11) is 1.23. The van der Waals surface area contributed by atoms with Crippen molar-refractivity contribution in [2.45, 2.75) is 36.6 Å².